The zero-order chi connectivity index (χ0) is 13.9. The van der Waals surface area contributed by atoms with E-state index in [9.17, 15) is 4.79 Å². The molecule has 1 nitrogen and oxygen atoms in total. The minimum atomic E-state index is 0.166. The van der Waals surface area contributed by atoms with Crippen molar-refractivity contribution in [3.8, 4) is 0 Å². The molecule has 20 heavy (non-hydrogen) atoms. The molecule has 2 saturated carbocycles. The van der Waals surface area contributed by atoms with Crippen molar-refractivity contribution in [2.45, 2.75) is 52.4 Å². The zero-order valence-electron chi connectivity index (χ0n) is 12.6. The lowest BCUT2D eigenvalue weighted by molar-refractivity contribution is -0.110. The van der Waals surface area contributed by atoms with E-state index in [1.807, 2.05) is 12.2 Å². The molecule has 106 valence electrons. The molecule has 1 heteroatoms. The number of ketones is 1. The van der Waals surface area contributed by atoms with Gasteiger partial charge in [-0.05, 0) is 75.4 Å². The van der Waals surface area contributed by atoms with Crippen molar-refractivity contribution in [1.29, 1.82) is 0 Å². The van der Waals surface area contributed by atoms with E-state index in [-0.39, 0.29) is 11.2 Å². The summed E-state index contributed by atoms with van der Waals surface area (Å²) in [5.41, 5.74) is 5.07. The Labute approximate surface area is 121 Å². The largest absolute Gasteiger partial charge is 0.290 e. The van der Waals surface area contributed by atoms with Gasteiger partial charge >= 0.3 is 0 Å². The number of rotatable bonds is 0. The topological polar surface area (TPSA) is 17.1 Å². The van der Waals surface area contributed by atoms with Crippen molar-refractivity contribution in [2.24, 2.45) is 23.2 Å². The molecule has 4 aliphatic rings. The summed E-state index contributed by atoms with van der Waals surface area (Å²) in [6.45, 7) is 4.74. The molecule has 0 saturated heterocycles. The Kier molecular flexibility index (Phi) is 2.64. The fourth-order valence-corrected chi connectivity index (χ4v) is 5.61. The molecule has 0 amide bonds. The molecule has 0 aromatic rings. The summed E-state index contributed by atoms with van der Waals surface area (Å²) >= 11 is 0. The monoisotopic (exact) mass is 268 g/mol. The summed E-state index contributed by atoms with van der Waals surface area (Å²) in [4.78, 5) is 11.7. The van der Waals surface area contributed by atoms with Gasteiger partial charge in [0.15, 0.2) is 5.78 Å². The third-order valence-electron chi connectivity index (χ3n) is 6.70. The Morgan fingerprint density at radius 3 is 2.85 bits per heavy atom. The van der Waals surface area contributed by atoms with E-state index in [1.165, 1.54) is 37.7 Å². The van der Waals surface area contributed by atoms with Gasteiger partial charge in [0, 0.05) is 5.41 Å². The van der Waals surface area contributed by atoms with Crippen molar-refractivity contribution < 1.29 is 4.79 Å². The van der Waals surface area contributed by atoms with E-state index in [0.29, 0.717) is 0 Å². The molecule has 0 spiro atoms. The maximum absolute atomic E-state index is 11.7. The van der Waals surface area contributed by atoms with Gasteiger partial charge in [0.1, 0.15) is 0 Å². The minimum Gasteiger partial charge on any atom is -0.290 e. The highest BCUT2D eigenvalue weighted by atomic mass is 16.1. The summed E-state index contributed by atoms with van der Waals surface area (Å²) in [6, 6.07) is 0. The SMILES string of the molecule is CC1=C2CCC3C(CCC4=CC(=O)C=CC43C)C2CC1. The fourth-order valence-electron chi connectivity index (χ4n) is 5.61. The molecule has 0 N–H and O–H groups in total. The Morgan fingerprint density at radius 2 is 2.00 bits per heavy atom. The molecule has 4 unspecified atom stereocenters. The van der Waals surface area contributed by atoms with Gasteiger partial charge in [0.2, 0.25) is 0 Å². The molecular weight excluding hydrogens is 244 g/mol. The highest BCUT2D eigenvalue weighted by molar-refractivity contribution is 6.01. The maximum atomic E-state index is 11.7. The number of fused-ring (bicyclic) bond motifs is 5. The second-order valence-electron chi connectivity index (χ2n) is 7.49. The standard InChI is InChI=1S/C19H24O/c1-12-3-5-16-15(12)7-8-18-17(16)6-4-13-11-14(20)9-10-19(13,18)2/h9-11,16-18H,3-8H2,1-2H3. The Morgan fingerprint density at radius 1 is 1.15 bits per heavy atom. The van der Waals surface area contributed by atoms with Gasteiger partial charge in [-0.2, -0.15) is 0 Å². The van der Waals surface area contributed by atoms with Crippen LogP contribution in [-0.4, -0.2) is 5.78 Å². The van der Waals surface area contributed by atoms with E-state index in [4.69, 9.17) is 0 Å². The number of allylic oxidation sites excluding steroid dienone is 6. The van der Waals surface area contributed by atoms with Crippen molar-refractivity contribution in [3.05, 3.63) is 34.9 Å². The van der Waals surface area contributed by atoms with Crippen LogP contribution in [0, 0.1) is 23.2 Å². The van der Waals surface area contributed by atoms with Crippen LogP contribution >= 0.6 is 0 Å². The fraction of sp³-hybridized carbons (Fsp3) is 0.632. The summed E-state index contributed by atoms with van der Waals surface area (Å²) < 4.78 is 0. The molecule has 4 atom stereocenters. The average Bonchev–Trinajstić information content (AvgIpc) is 2.82. The Balaban J connectivity index is 1.72. The normalized spacial score (nSPS) is 43.0. The van der Waals surface area contributed by atoms with Gasteiger partial charge in [0.25, 0.3) is 0 Å². The molecule has 4 rings (SSSR count). The van der Waals surface area contributed by atoms with Crippen LogP contribution in [-0.2, 0) is 4.79 Å². The highest BCUT2D eigenvalue weighted by Crippen LogP contribution is 2.60. The van der Waals surface area contributed by atoms with Crippen molar-refractivity contribution in [1.82, 2.24) is 0 Å². The number of hydrogen-bond acceptors (Lipinski definition) is 1. The molecule has 2 fully saturated rings. The number of hydrogen-bond donors (Lipinski definition) is 0. The molecule has 0 aromatic heterocycles. The van der Waals surface area contributed by atoms with Gasteiger partial charge in [-0.25, -0.2) is 0 Å². The smallest absolute Gasteiger partial charge is 0.178 e. The van der Waals surface area contributed by atoms with E-state index in [2.05, 4.69) is 19.9 Å². The highest BCUT2D eigenvalue weighted by Gasteiger charge is 2.50. The van der Waals surface area contributed by atoms with Gasteiger partial charge < -0.3 is 0 Å². The van der Waals surface area contributed by atoms with Gasteiger partial charge in [-0.15, -0.1) is 0 Å². The first-order chi connectivity index (χ1) is 9.59. The van der Waals surface area contributed by atoms with Crippen LogP contribution in [0.15, 0.2) is 34.9 Å². The molecule has 0 aromatic carbocycles. The average molecular weight is 268 g/mol. The predicted octanol–water partition coefficient (Wildman–Crippen LogP) is 4.60. The van der Waals surface area contributed by atoms with Crippen LogP contribution in [0.25, 0.3) is 0 Å². The maximum Gasteiger partial charge on any atom is 0.178 e. The second-order valence-corrected chi connectivity index (χ2v) is 7.49. The summed E-state index contributed by atoms with van der Waals surface area (Å²) in [5.74, 6) is 2.67. The molecule has 4 aliphatic carbocycles. The van der Waals surface area contributed by atoms with Crippen LogP contribution in [0.5, 0.6) is 0 Å². The molecule has 0 bridgehead atoms. The second kappa shape index (κ2) is 4.19. The lowest BCUT2D eigenvalue weighted by atomic mass is 9.52. The first kappa shape index (κ1) is 12.6. The molecule has 0 heterocycles. The predicted molar refractivity (Wildman–Crippen MR) is 81.2 cm³/mol. The van der Waals surface area contributed by atoms with Crippen LogP contribution < -0.4 is 0 Å². The van der Waals surface area contributed by atoms with Crippen LogP contribution in [0.3, 0.4) is 0 Å². The van der Waals surface area contributed by atoms with Gasteiger partial charge in [-0.3, -0.25) is 4.79 Å². The zero-order valence-corrected chi connectivity index (χ0v) is 12.6. The molecule has 0 aliphatic heterocycles. The van der Waals surface area contributed by atoms with Gasteiger partial charge in [0.05, 0.1) is 0 Å². The van der Waals surface area contributed by atoms with Crippen molar-refractivity contribution >= 4 is 5.78 Å². The van der Waals surface area contributed by atoms with E-state index in [0.717, 1.165) is 24.2 Å². The molecular formula is C19H24O. The lowest BCUT2D eigenvalue weighted by Crippen LogP contribution is -2.44. The number of carbonyl (C=O) groups is 1. The third-order valence-corrected chi connectivity index (χ3v) is 6.70. The third kappa shape index (κ3) is 1.58. The van der Waals surface area contributed by atoms with Crippen LogP contribution in [0.1, 0.15) is 52.4 Å². The lowest BCUT2D eigenvalue weighted by Gasteiger charge is -2.52. The minimum absolute atomic E-state index is 0.166. The van der Waals surface area contributed by atoms with Crippen LogP contribution in [0.4, 0.5) is 0 Å². The summed E-state index contributed by atoms with van der Waals surface area (Å²) in [5, 5.41) is 0. The summed E-state index contributed by atoms with van der Waals surface area (Å²) in [7, 11) is 0. The van der Waals surface area contributed by atoms with E-state index in [1.54, 1.807) is 11.1 Å². The van der Waals surface area contributed by atoms with Gasteiger partial charge in [-0.1, -0.05) is 29.7 Å². The van der Waals surface area contributed by atoms with E-state index < -0.39 is 0 Å². The van der Waals surface area contributed by atoms with Crippen molar-refractivity contribution in [2.75, 3.05) is 0 Å². The Bertz CT molecular complexity index is 562. The van der Waals surface area contributed by atoms with E-state index >= 15 is 0 Å². The van der Waals surface area contributed by atoms with Crippen LogP contribution in [0.2, 0.25) is 0 Å². The quantitative estimate of drug-likeness (QED) is 0.587. The first-order valence-electron chi connectivity index (χ1n) is 8.22. The molecule has 0 radical (unpaired) electrons. The number of carbonyl (C=O) groups excluding carboxylic acids is 1. The Hall–Kier alpha value is -1.11. The van der Waals surface area contributed by atoms with Crippen molar-refractivity contribution in [3.63, 3.8) is 0 Å². The summed E-state index contributed by atoms with van der Waals surface area (Å²) in [6.07, 6.45) is 13.8. The first-order valence-corrected chi connectivity index (χ1v) is 8.22.